The Morgan fingerprint density at radius 2 is 2.00 bits per heavy atom. The summed E-state index contributed by atoms with van der Waals surface area (Å²) in [5.74, 6) is -0.775. The zero-order valence-corrected chi connectivity index (χ0v) is 9.09. The Balaban J connectivity index is 3.16. The van der Waals surface area contributed by atoms with Gasteiger partial charge in [-0.05, 0) is 12.1 Å². The van der Waals surface area contributed by atoms with Crippen LogP contribution in [0.3, 0.4) is 0 Å². The molecule has 8 heteroatoms. The molecule has 0 aliphatic carbocycles. The summed E-state index contributed by atoms with van der Waals surface area (Å²) in [6, 6.07) is 1.35. The minimum atomic E-state index is -4.91. The van der Waals surface area contributed by atoms with Crippen LogP contribution in [0.4, 0.5) is 22.0 Å². The highest BCUT2D eigenvalue weighted by Crippen LogP contribution is 2.35. The topological polar surface area (TPSA) is 39.2 Å². The van der Waals surface area contributed by atoms with Crippen molar-refractivity contribution >= 4 is 5.97 Å². The number of esters is 1. The van der Waals surface area contributed by atoms with Crippen LogP contribution in [0.15, 0.2) is 12.1 Å². The number of alkyl halides is 5. The van der Waals surface area contributed by atoms with Gasteiger partial charge in [-0.25, -0.2) is 8.78 Å². The zero-order valence-electron chi connectivity index (χ0n) is 9.09. The standard InChI is InChI=1S/C10H8F5NO2/c1-18-7(17)4-5-2-3-6(10(13,14)15)8(16-5)9(11)12/h2-3,9H,4H2,1H3. The lowest BCUT2D eigenvalue weighted by Gasteiger charge is -2.12. The molecule has 0 bridgehead atoms. The van der Waals surface area contributed by atoms with Gasteiger partial charge in [-0.1, -0.05) is 0 Å². The molecular formula is C10H8F5NO2. The van der Waals surface area contributed by atoms with Crippen molar-refractivity contribution in [2.75, 3.05) is 7.11 Å². The first-order valence-electron chi connectivity index (χ1n) is 4.67. The van der Waals surface area contributed by atoms with Crippen LogP contribution in [-0.4, -0.2) is 18.1 Å². The van der Waals surface area contributed by atoms with E-state index in [-0.39, 0.29) is 5.69 Å². The molecule has 0 atom stereocenters. The maximum absolute atomic E-state index is 12.5. The highest BCUT2D eigenvalue weighted by Gasteiger charge is 2.36. The van der Waals surface area contributed by atoms with Crippen LogP contribution in [0.1, 0.15) is 23.4 Å². The fourth-order valence-electron chi connectivity index (χ4n) is 1.24. The molecule has 0 amide bonds. The molecule has 0 saturated heterocycles. The Kier molecular flexibility index (Phi) is 4.20. The third-order valence-corrected chi connectivity index (χ3v) is 2.05. The van der Waals surface area contributed by atoms with E-state index < -0.39 is 36.2 Å². The Morgan fingerprint density at radius 1 is 1.39 bits per heavy atom. The number of methoxy groups -OCH3 is 1. The second-order valence-corrected chi connectivity index (χ2v) is 3.29. The van der Waals surface area contributed by atoms with Crippen molar-refractivity contribution in [3.05, 3.63) is 29.1 Å². The summed E-state index contributed by atoms with van der Waals surface area (Å²) in [5, 5.41) is 0. The van der Waals surface area contributed by atoms with Crippen LogP contribution in [0, 0.1) is 0 Å². The van der Waals surface area contributed by atoms with E-state index in [4.69, 9.17) is 0 Å². The Morgan fingerprint density at radius 3 is 2.44 bits per heavy atom. The molecule has 100 valence electrons. The highest BCUT2D eigenvalue weighted by atomic mass is 19.4. The second kappa shape index (κ2) is 5.28. The van der Waals surface area contributed by atoms with Crippen LogP contribution in [0.5, 0.6) is 0 Å². The van der Waals surface area contributed by atoms with Gasteiger partial charge in [0.2, 0.25) is 0 Å². The number of carbonyl (C=O) groups is 1. The number of hydrogen-bond acceptors (Lipinski definition) is 3. The van der Waals surface area contributed by atoms with Crippen LogP contribution >= 0.6 is 0 Å². The molecule has 0 unspecified atom stereocenters. The third kappa shape index (κ3) is 3.38. The maximum Gasteiger partial charge on any atom is 0.418 e. The zero-order chi connectivity index (χ0) is 13.9. The molecule has 0 saturated carbocycles. The summed E-state index contributed by atoms with van der Waals surface area (Å²) in [6.07, 6.45) is -8.75. The average Bonchev–Trinajstić information content (AvgIpc) is 2.27. The Hall–Kier alpha value is -1.73. The van der Waals surface area contributed by atoms with Crippen LogP contribution in [0.25, 0.3) is 0 Å². The molecule has 0 N–H and O–H groups in total. The SMILES string of the molecule is COC(=O)Cc1ccc(C(F)(F)F)c(C(F)F)n1. The molecule has 0 fully saturated rings. The van der Waals surface area contributed by atoms with Crippen molar-refractivity contribution < 1.29 is 31.5 Å². The average molecular weight is 269 g/mol. The smallest absolute Gasteiger partial charge is 0.418 e. The van der Waals surface area contributed by atoms with E-state index in [1.54, 1.807) is 0 Å². The quantitative estimate of drug-likeness (QED) is 0.625. The maximum atomic E-state index is 12.5. The molecule has 1 rings (SSSR count). The molecule has 0 spiro atoms. The van der Waals surface area contributed by atoms with Crippen molar-refractivity contribution in [3.8, 4) is 0 Å². The molecule has 1 aromatic heterocycles. The van der Waals surface area contributed by atoms with Crippen molar-refractivity contribution in [2.45, 2.75) is 19.0 Å². The molecule has 0 aliphatic heterocycles. The molecular weight excluding hydrogens is 261 g/mol. The predicted octanol–water partition coefficient (Wildman–Crippen LogP) is 2.75. The first-order valence-corrected chi connectivity index (χ1v) is 4.67. The van der Waals surface area contributed by atoms with Crippen LogP contribution in [0.2, 0.25) is 0 Å². The van der Waals surface area contributed by atoms with E-state index in [0.29, 0.717) is 6.07 Å². The van der Waals surface area contributed by atoms with Gasteiger partial charge in [0.15, 0.2) is 0 Å². The number of halogens is 5. The number of rotatable bonds is 3. The number of ether oxygens (including phenoxy) is 1. The van der Waals surface area contributed by atoms with Gasteiger partial charge in [-0.3, -0.25) is 9.78 Å². The number of carbonyl (C=O) groups excluding carboxylic acids is 1. The van der Waals surface area contributed by atoms with Gasteiger partial charge in [0.05, 0.1) is 24.8 Å². The number of pyridine rings is 1. The van der Waals surface area contributed by atoms with Gasteiger partial charge in [0.1, 0.15) is 5.69 Å². The van der Waals surface area contributed by atoms with Crippen molar-refractivity contribution in [1.29, 1.82) is 0 Å². The van der Waals surface area contributed by atoms with Gasteiger partial charge < -0.3 is 4.74 Å². The third-order valence-electron chi connectivity index (χ3n) is 2.05. The fraction of sp³-hybridized carbons (Fsp3) is 0.400. The van der Waals surface area contributed by atoms with E-state index in [1.807, 2.05) is 0 Å². The summed E-state index contributed by atoms with van der Waals surface area (Å²) in [6.45, 7) is 0. The molecule has 3 nitrogen and oxygen atoms in total. The van der Waals surface area contributed by atoms with Crippen molar-refractivity contribution in [2.24, 2.45) is 0 Å². The minimum absolute atomic E-state index is 0.204. The summed E-state index contributed by atoms with van der Waals surface area (Å²) in [7, 11) is 1.07. The van der Waals surface area contributed by atoms with Gasteiger partial charge in [0, 0.05) is 0 Å². The lowest BCUT2D eigenvalue weighted by atomic mass is 10.1. The largest absolute Gasteiger partial charge is 0.469 e. The summed E-state index contributed by atoms with van der Waals surface area (Å²) >= 11 is 0. The van der Waals surface area contributed by atoms with Crippen LogP contribution in [-0.2, 0) is 22.1 Å². The highest BCUT2D eigenvalue weighted by molar-refractivity contribution is 5.71. The molecule has 1 heterocycles. The minimum Gasteiger partial charge on any atom is -0.469 e. The molecule has 0 aromatic carbocycles. The van der Waals surface area contributed by atoms with Crippen LogP contribution < -0.4 is 0 Å². The molecule has 18 heavy (non-hydrogen) atoms. The van der Waals surface area contributed by atoms with Gasteiger partial charge in [0.25, 0.3) is 6.43 Å². The second-order valence-electron chi connectivity index (χ2n) is 3.29. The van der Waals surface area contributed by atoms with Gasteiger partial charge >= 0.3 is 12.1 Å². The number of hydrogen-bond donors (Lipinski definition) is 0. The Bertz CT molecular complexity index is 444. The van der Waals surface area contributed by atoms with Crippen molar-refractivity contribution in [1.82, 2.24) is 4.98 Å². The summed E-state index contributed by atoms with van der Waals surface area (Å²) < 4.78 is 66.4. The van der Waals surface area contributed by atoms with E-state index in [9.17, 15) is 26.7 Å². The Labute approximate surface area is 98.6 Å². The number of nitrogens with zero attached hydrogens (tertiary/aromatic N) is 1. The lowest BCUT2D eigenvalue weighted by molar-refractivity contribution is -0.140. The predicted molar refractivity (Wildman–Crippen MR) is 49.9 cm³/mol. The van der Waals surface area contributed by atoms with E-state index in [1.165, 1.54) is 0 Å². The normalized spacial score (nSPS) is 11.7. The van der Waals surface area contributed by atoms with Gasteiger partial charge in [-0.2, -0.15) is 13.2 Å². The molecule has 1 aromatic rings. The summed E-state index contributed by atoms with van der Waals surface area (Å²) in [5.41, 5.74) is -3.10. The fourth-order valence-corrected chi connectivity index (χ4v) is 1.24. The molecule has 0 radical (unpaired) electrons. The first-order chi connectivity index (χ1) is 8.25. The van der Waals surface area contributed by atoms with E-state index in [0.717, 1.165) is 13.2 Å². The number of aromatic nitrogens is 1. The summed E-state index contributed by atoms with van der Waals surface area (Å²) in [4.78, 5) is 14.0. The monoisotopic (exact) mass is 269 g/mol. The first kappa shape index (κ1) is 14.3. The van der Waals surface area contributed by atoms with E-state index >= 15 is 0 Å². The van der Waals surface area contributed by atoms with Crippen molar-refractivity contribution in [3.63, 3.8) is 0 Å². The van der Waals surface area contributed by atoms with Gasteiger partial charge in [-0.15, -0.1) is 0 Å². The lowest BCUT2D eigenvalue weighted by Crippen LogP contribution is -2.14. The van der Waals surface area contributed by atoms with E-state index in [2.05, 4.69) is 9.72 Å². The molecule has 0 aliphatic rings.